The molecule has 0 bridgehead atoms. The molecule has 0 aliphatic carbocycles. The summed E-state index contributed by atoms with van der Waals surface area (Å²) in [6.07, 6.45) is 8.07. The van der Waals surface area contributed by atoms with Crippen molar-refractivity contribution < 1.29 is 9.32 Å². The molecule has 6 heteroatoms. The molecule has 0 spiro atoms. The van der Waals surface area contributed by atoms with E-state index in [2.05, 4.69) is 27.2 Å². The van der Waals surface area contributed by atoms with Gasteiger partial charge >= 0.3 is 0 Å². The first-order valence-corrected chi connectivity index (χ1v) is 9.17. The first kappa shape index (κ1) is 16.3. The maximum absolute atomic E-state index is 12.4. The number of piperidine rings is 1. The molecule has 1 atom stereocenters. The first-order valence-electron chi connectivity index (χ1n) is 9.17. The Bertz CT molecular complexity index is 709. The van der Waals surface area contributed by atoms with Crippen LogP contribution in [-0.2, 0) is 6.54 Å². The van der Waals surface area contributed by atoms with E-state index < -0.39 is 0 Å². The standard InChI is InChI=1S/C19H24N4O2/c24-19(23-10-1-2-11-23)18-12-17(21-25-18)16-4-3-9-22(14-16)13-15-5-7-20-8-6-15/h5-8,12,16H,1-4,9-11,13-14H2. The van der Waals surface area contributed by atoms with Crippen LogP contribution in [0.25, 0.3) is 0 Å². The van der Waals surface area contributed by atoms with Crippen LogP contribution in [0, 0.1) is 0 Å². The molecular formula is C19H24N4O2. The molecule has 2 aliphatic heterocycles. The predicted octanol–water partition coefficient (Wildman–Crippen LogP) is 2.69. The average Bonchev–Trinajstić information content (AvgIpc) is 3.34. The second kappa shape index (κ2) is 7.35. The van der Waals surface area contributed by atoms with E-state index in [1.165, 1.54) is 5.56 Å². The van der Waals surface area contributed by atoms with Crippen molar-refractivity contribution in [2.24, 2.45) is 0 Å². The van der Waals surface area contributed by atoms with Crippen molar-refractivity contribution in [1.82, 2.24) is 19.9 Å². The molecule has 1 amide bonds. The smallest absolute Gasteiger partial charge is 0.292 e. The van der Waals surface area contributed by atoms with Gasteiger partial charge in [0, 0.05) is 50.6 Å². The van der Waals surface area contributed by atoms with Crippen molar-refractivity contribution in [3.05, 3.63) is 47.6 Å². The van der Waals surface area contributed by atoms with Gasteiger partial charge in [-0.05, 0) is 49.9 Å². The van der Waals surface area contributed by atoms with Gasteiger partial charge in [0.05, 0.1) is 5.69 Å². The van der Waals surface area contributed by atoms with Crippen LogP contribution in [0.3, 0.4) is 0 Å². The first-order chi connectivity index (χ1) is 12.3. The Morgan fingerprint density at radius 3 is 2.76 bits per heavy atom. The van der Waals surface area contributed by atoms with Crippen molar-refractivity contribution in [3.63, 3.8) is 0 Å². The highest BCUT2D eigenvalue weighted by molar-refractivity contribution is 5.91. The zero-order valence-corrected chi connectivity index (χ0v) is 14.4. The maximum atomic E-state index is 12.4. The van der Waals surface area contributed by atoms with Gasteiger partial charge in [0.25, 0.3) is 5.91 Å². The highest BCUT2D eigenvalue weighted by Gasteiger charge is 2.27. The lowest BCUT2D eigenvalue weighted by Gasteiger charge is -2.31. The third kappa shape index (κ3) is 3.74. The monoisotopic (exact) mass is 340 g/mol. The summed E-state index contributed by atoms with van der Waals surface area (Å²) in [7, 11) is 0. The highest BCUT2D eigenvalue weighted by atomic mass is 16.5. The fourth-order valence-electron chi connectivity index (χ4n) is 3.85. The normalized spacial score (nSPS) is 21.6. The minimum atomic E-state index is -0.0132. The Hall–Kier alpha value is -2.21. The number of hydrogen-bond donors (Lipinski definition) is 0. The van der Waals surface area contributed by atoms with Crippen molar-refractivity contribution in [2.45, 2.75) is 38.1 Å². The zero-order valence-electron chi connectivity index (χ0n) is 14.4. The SMILES string of the molecule is O=C(c1cc(C2CCCN(Cc3ccncc3)C2)no1)N1CCCC1. The van der Waals surface area contributed by atoms with Crippen LogP contribution in [0.2, 0.25) is 0 Å². The molecule has 6 nitrogen and oxygen atoms in total. The second-order valence-electron chi connectivity index (χ2n) is 7.05. The third-order valence-electron chi connectivity index (χ3n) is 5.21. The van der Waals surface area contributed by atoms with Gasteiger partial charge in [-0.1, -0.05) is 5.16 Å². The van der Waals surface area contributed by atoms with E-state index in [9.17, 15) is 4.79 Å². The van der Waals surface area contributed by atoms with Gasteiger partial charge in [-0.2, -0.15) is 0 Å². The van der Waals surface area contributed by atoms with E-state index in [4.69, 9.17) is 4.52 Å². The molecule has 2 fully saturated rings. The number of likely N-dealkylation sites (tertiary alicyclic amines) is 2. The van der Waals surface area contributed by atoms with Gasteiger partial charge in [0.1, 0.15) is 0 Å². The highest BCUT2D eigenvalue weighted by Crippen LogP contribution is 2.28. The van der Waals surface area contributed by atoms with Crippen LogP contribution in [0.5, 0.6) is 0 Å². The fraction of sp³-hybridized carbons (Fsp3) is 0.526. The molecule has 0 saturated carbocycles. The molecule has 2 aliphatic rings. The van der Waals surface area contributed by atoms with E-state index in [1.54, 1.807) is 0 Å². The number of carbonyl (C=O) groups is 1. The quantitative estimate of drug-likeness (QED) is 0.856. The lowest BCUT2D eigenvalue weighted by molar-refractivity contribution is 0.0751. The Morgan fingerprint density at radius 2 is 1.96 bits per heavy atom. The molecule has 0 radical (unpaired) electrons. The van der Waals surface area contributed by atoms with Gasteiger partial charge in [0.15, 0.2) is 0 Å². The van der Waals surface area contributed by atoms with Gasteiger partial charge in [-0.3, -0.25) is 14.7 Å². The second-order valence-corrected chi connectivity index (χ2v) is 7.05. The van der Waals surface area contributed by atoms with Crippen LogP contribution in [0.1, 0.15) is 53.4 Å². The summed E-state index contributed by atoms with van der Waals surface area (Å²) in [6, 6.07) is 5.99. The summed E-state index contributed by atoms with van der Waals surface area (Å²) >= 11 is 0. The number of carbonyl (C=O) groups excluding carboxylic acids is 1. The van der Waals surface area contributed by atoms with Gasteiger partial charge in [-0.15, -0.1) is 0 Å². The molecule has 132 valence electrons. The minimum Gasteiger partial charge on any atom is -0.351 e. The topological polar surface area (TPSA) is 62.5 Å². The summed E-state index contributed by atoms with van der Waals surface area (Å²) < 4.78 is 5.38. The van der Waals surface area contributed by atoms with E-state index in [-0.39, 0.29) is 5.91 Å². The number of rotatable bonds is 4. The van der Waals surface area contributed by atoms with Gasteiger partial charge < -0.3 is 9.42 Å². The van der Waals surface area contributed by atoms with Crippen LogP contribution < -0.4 is 0 Å². The van der Waals surface area contributed by atoms with Crippen LogP contribution in [0.4, 0.5) is 0 Å². The molecule has 1 unspecified atom stereocenters. The van der Waals surface area contributed by atoms with E-state index >= 15 is 0 Å². The molecule has 0 N–H and O–H groups in total. The molecule has 2 aromatic heterocycles. The van der Waals surface area contributed by atoms with Crippen molar-refractivity contribution in [3.8, 4) is 0 Å². The molecule has 4 rings (SSSR count). The average molecular weight is 340 g/mol. The number of amides is 1. The largest absolute Gasteiger partial charge is 0.351 e. The number of nitrogens with zero attached hydrogens (tertiary/aromatic N) is 4. The Labute approximate surface area is 147 Å². The van der Waals surface area contributed by atoms with E-state index in [1.807, 2.05) is 23.4 Å². The number of pyridine rings is 1. The van der Waals surface area contributed by atoms with Crippen molar-refractivity contribution in [1.29, 1.82) is 0 Å². The van der Waals surface area contributed by atoms with Crippen LogP contribution in [0.15, 0.2) is 35.1 Å². The molecule has 0 aromatic carbocycles. The Morgan fingerprint density at radius 1 is 1.16 bits per heavy atom. The molecule has 4 heterocycles. The minimum absolute atomic E-state index is 0.0132. The number of hydrogen-bond acceptors (Lipinski definition) is 5. The lowest BCUT2D eigenvalue weighted by Crippen LogP contribution is -2.34. The van der Waals surface area contributed by atoms with E-state index in [0.29, 0.717) is 11.7 Å². The van der Waals surface area contributed by atoms with E-state index in [0.717, 1.165) is 64.1 Å². The summed E-state index contributed by atoms with van der Waals surface area (Å²) in [5, 5.41) is 4.21. The summed E-state index contributed by atoms with van der Waals surface area (Å²) in [5.41, 5.74) is 2.20. The summed E-state index contributed by atoms with van der Waals surface area (Å²) in [5.74, 6) is 0.711. The molecule has 2 aromatic rings. The zero-order chi connectivity index (χ0) is 17.1. The number of aromatic nitrogens is 2. The summed E-state index contributed by atoms with van der Waals surface area (Å²) in [6.45, 7) is 4.63. The van der Waals surface area contributed by atoms with Gasteiger partial charge in [0.2, 0.25) is 5.76 Å². The molecule has 25 heavy (non-hydrogen) atoms. The third-order valence-corrected chi connectivity index (χ3v) is 5.21. The Balaban J connectivity index is 1.40. The summed E-state index contributed by atoms with van der Waals surface area (Å²) in [4.78, 5) is 20.8. The van der Waals surface area contributed by atoms with Gasteiger partial charge in [-0.25, -0.2) is 0 Å². The fourth-order valence-corrected chi connectivity index (χ4v) is 3.85. The van der Waals surface area contributed by atoms with Crippen molar-refractivity contribution in [2.75, 3.05) is 26.2 Å². The Kier molecular flexibility index (Phi) is 4.78. The molecular weight excluding hydrogens is 316 g/mol. The van der Waals surface area contributed by atoms with Crippen LogP contribution in [-0.4, -0.2) is 52.0 Å². The lowest BCUT2D eigenvalue weighted by atomic mass is 9.94. The van der Waals surface area contributed by atoms with Crippen molar-refractivity contribution >= 4 is 5.91 Å². The maximum Gasteiger partial charge on any atom is 0.292 e. The predicted molar refractivity (Wildman–Crippen MR) is 93.1 cm³/mol. The molecule has 2 saturated heterocycles. The van der Waals surface area contributed by atoms with Crippen LogP contribution >= 0.6 is 0 Å².